The van der Waals surface area contributed by atoms with Crippen molar-refractivity contribution in [2.45, 2.75) is 42.9 Å². The Morgan fingerprint density at radius 3 is 2.67 bits per heavy atom. The lowest BCUT2D eigenvalue weighted by atomic mass is 10.3. The molecule has 0 bridgehead atoms. The van der Waals surface area contributed by atoms with Crippen LogP contribution >= 0.6 is 11.8 Å². The van der Waals surface area contributed by atoms with E-state index < -0.39 is 0 Å². The van der Waals surface area contributed by atoms with Gasteiger partial charge in [0.1, 0.15) is 5.75 Å². The molecule has 2 rings (SSSR count). The van der Waals surface area contributed by atoms with Crippen LogP contribution in [0.2, 0.25) is 0 Å². The van der Waals surface area contributed by atoms with Crippen LogP contribution in [-0.2, 0) is 4.79 Å². The summed E-state index contributed by atoms with van der Waals surface area (Å²) in [4.78, 5) is 12.9. The van der Waals surface area contributed by atoms with Crippen molar-refractivity contribution in [2.24, 2.45) is 0 Å². The number of carbonyl (C=O) groups excluding carboxylic acids is 1. The Morgan fingerprint density at radius 2 is 2.11 bits per heavy atom. The van der Waals surface area contributed by atoms with Gasteiger partial charge in [0.15, 0.2) is 0 Å². The number of hydrogen-bond donors (Lipinski definition) is 1. The van der Waals surface area contributed by atoms with Crippen LogP contribution in [0.25, 0.3) is 0 Å². The number of benzene rings is 1. The van der Waals surface area contributed by atoms with E-state index in [4.69, 9.17) is 4.74 Å². The molecule has 1 atom stereocenters. The average molecular weight is 265 g/mol. The lowest BCUT2D eigenvalue weighted by molar-refractivity contribution is -0.120. The molecule has 0 aliphatic heterocycles. The zero-order chi connectivity index (χ0) is 13.0. The van der Waals surface area contributed by atoms with Gasteiger partial charge in [-0.05, 0) is 51.0 Å². The Kier molecular flexibility index (Phi) is 4.53. The van der Waals surface area contributed by atoms with Crippen LogP contribution in [0.1, 0.15) is 26.7 Å². The van der Waals surface area contributed by atoms with Gasteiger partial charge in [-0.15, -0.1) is 11.8 Å². The summed E-state index contributed by atoms with van der Waals surface area (Å²) in [5.41, 5.74) is 0. The summed E-state index contributed by atoms with van der Waals surface area (Å²) in [6, 6.07) is 8.31. The van der Waals surface area contributed by atoms with Gasteiger partial charge >= 0.3 is 0 Å². The fourth-order valence-electron chi connectivity index (χ4n) is 1.58. The second kappa shape index (κ2) is 6.14. The van der Waals surface area contributed by atoms with Gasteiger partial charge in [-0.25, -0.2) is 0 Å². The second-order valence-electron chi connectivity index (χ2n) is 4.45. The van der Waals surface area contributed by atoms with E-state index in [9.17, 15) is 4.79 Å². The molecule has 0 spiro atoms. The fourth-order valence-corrected chi connectivity index (χ4v) is 2.46. The predicted octanol–water partition coefficient (Wildman–Crippen LogP) is 2.84. The molecule has 1 fully saturated rings. The van der Waals surface area contributed by atoms with E-state index in [1.807, 2.05) is 38.1 Å². The van der Waals surface area contributed by atoms with Gasteiger partial charge in [-0.3, -0.25) is 4.79 Å². The molecule has 0 radical (unpaired) electrons. The number of ether oxygens (including phenoxy) is 1. The summed E-state index contributed by atoms with van der Waals surface area (Å²) in [7, 11) is 0. The van der Waals surface area contributed by atoms with E-state index in [1.54, 1.807) is 11.8 Å². The van der Waals surface area contributed by atoms with Gasteiger partial charge in [0.05, 0.1) is 11.9 Å². The standard InChI is InChI=1S/C14H19NO2S/c1-3-17-12-6-8-13(9-7-12)18-10(2)14(16)15-11-4-5-11/h6-11H,3-5H2,1-2H3,(H,15,16). The van der Waals surface area contributed by atoms with Crippen molar-refractivity contribution >= 4 is 17.7 Å². The summed E-state index contributed by atoms with van der Waals surface area (Å²) in [5.74, 6) is 1.01. The summed E-state index contributed by atoms with van der Waals surface area (Å²) >= 11 is 1.58. The van der Waals surface area contributed by atoms with E-state index in [-0.39, 0.29) is 11.2 Å². The first-order valence-corrected chi connectivity index (χ1v) is 7.27. The molecule has 18 heavy (non-hydrogen) atoms. The Morgan fingerprint density at radius 1 is 1.44 bits per heavy atom. The Labute approximate surface area is 112 Å². The minimum atomic E-state index is -0.0523. The number of thioether (sulfide) groups is 1. The second-order valence-corrected chi connectivity index (χ2v) is 5.86. The highest BCUT2D eigenvalue weighted by Gasteiger charge is 2.25. The minimum absolute atomic E-state index is 0.0523. The predicted molar refractivity (Wildman–Crippen MR) is 74.1 cm³/mol. The van der Waals surface area contributed by atoms with Crippen molar-refractivity contribution in [2.75, 3.05) is 6.61 Å². The molecule has 1 aromatic carbocycles. The van der Waals surface area contributed by atoms with Gasteiger partial charge in [0.25, 0.3) is 0 Å². The van der Waals surface area contributed by atoms with Crippen LogP contribution in [0.3, 0.4) is 0 Å². The minimum Gasteiger partial charge on any atom is -0.494 e. The van der Waals surface area contributed by atoms with Crippen LogP contribution in [0.15, 0.2) is 29.2 Å². The summed E-state index contributed by atoms with van der Waals surface area (Å²) in [6.45, 7) is 4.58. The average Bonchev–Trinajstić information content (AvgIpc) is 3.16. The highest BCUT2D eigenvalue weighted by Crippen LogP contribution is 2.26. The lowest BCUT2D eigenvalue weighted by Crippen LogP contribution is -2.32. The maximum absolute atomic E-state index is 11.8. The first-order chi connectivity index (χ1) is 8.69. The zero-order valence-corrected chi connectivity index (χ0v) is 11.6. The summed E-state index contributed by atoms with van der Waals surface area (Å²) in [6.07, 6.45) is 2.26. The van der Waals surface area contributed by atoms with Crippen molar-refractivity contribution in [3.05, 3.63) is 24.3 Å². The fraction of sp³-hybridized carbons (Fsp3) is 0.500. The molecule has 1 N–H and O–H groups in total. The number of carbonyl (C=O) groups is 1. The Hall–Kier alpha value is -1.16. The van der Waals surface area contributed by atoms with Gasteiger partial charge in [-0.2, -0.15) is 0 Å². The topological polar surface area (TPSA) is 38.3 Å². The molecule has 0 aromatic heterocycles. The SMILES string of the molecule is CCOc1ccc(SC(C)C(=O)NC2CC2)cc1. The molecule has 0 heterocycles. The third-order valence-corrected chi connectivity index (χ3v) is 3.85. The molecule has 98 valence electrons. The largest absolute Gasteiger partial charge is 0.494 e. The molecular weight excluding hydrogens is 246 g/mol. The van der Waals surface area contributed by atoms with Crippen molar-refractivity contribution in [3.8, 4) is 5.75 Å². The number of amides is 1. The smallest absolute Gasteiger partial charge is 0.233 e. The quantitative estimate of drug-likeness (QED) is 0.804. The molecule has 1 saturated carbocycles. The Bertz CT molecular complexity index is 401. The van der Waals surface area contributed by atoms with E-state index in [1.165, 1.54) is 0 Å². The maximum Gasteiger partial charge on any atom is 0.233 e. The van der Waals surface area contributed by atoms with Gasteiger partial charge in [0, 0.05) is 10.9 Å². The van der Waals surface area contributed by atoms with Crippen LogP contribution in [0.5, 0.6) is 5.75 Å². The highest BCUT2D eigenvalue weighted by atomic mass is 32.2. The molecule has 3 nitrogen and oxygen atoms in total. The number of hydrogen-bond acceptors (Lipinski definition) is 3. The molecular formula is C14H19NO2S. The Balaban J connectivity index is 1.85. The maximum atomic E-state index is 11.8. The van der Waals surface area contributed by atoms with Gasteiger partial charge in [-0.1, -0.05) is 0 Å². The van der Waals surface area contributed by atoms with Crippen LogP contribution in [-0.4, -0.2) is 23.8 Å². The van der Waals surface area contributed by atoms with E-state index >= 15 is 0 Å². The van der Waals surface area contributed by atoms with Crippen molar-refractivity contribution in [1.82, 2.24) is 5.32 Å². The number of nitrogens with one attached hydrogen (secondary N) is 1. The summed E-state index contributed by atoms with van der Waals surface area (Å²) in [5, 5.41) is 2.97. The first kappa shape index (κ1) is 13.3. The van der Waals surface area contributed by atoms with E-state index in [0.717, 1.165) is 23.5 Å². The molecule has 1 aliphatic carbocycles. The molecule has 1 aliphatic rings. The third kappa shape index (κ3) is 3.95. The van der Waals surface area contributed by atoms with Crippen LogP contribution in [0, 0.1) is 0 Å². The van der Waals surface area contributed by atoms with Crippen molar-refractivity contribution in [3.63, 3.8) is 0 Å². The summed E-state index contributed by atoms with van der Waals surface area (Å²) < 4.78 is 5.39. The zero-order valence-electron chi connectivity index (χ0n) is 10.8. The highest BCUT2D eigenvalue weighted by molar-refractivity contribution is 8.00. The van der Waals surface area contributed by atoms with Gasteiger partial charge in [0.2, 0.25) is 5.91 Å². The normalized spacial score (nSPS) is 16.1. The van der Waals surface area contributed by atoms with E-state index in [0.29, 0.717) is 12.6 Å². The molecule has 0 saturated heterocycles. The van der Waals surface area contributed by atoms with E-state index in [2.05, 4.69) is 5.32 Å². The van der Waals surface area contributed by atoms with Gasteiger partial charge < -0.3 is 10.1 Å². The molecule has 4 heteroatoms. The van der Waals surface area contributed by atoms with Crippen molar-refractivity contribution < 1.29 is 9.53 Å². The lowest BCUT2D eigenvalue weighted by Gasteiger charge is -2.11. The molecule has 1 amide bonds. The van der Waals surface area contributed by atoms with Crippen LogP contribution < -0.4 is 10.1 Å². The van der Waals surface area contributed by atoms with Crippen molar-refractivity contribution in [1.29, 1.82) is 0 Å². The first-order valence-electron chi connectivity index (χ1n) is 6.39. The molecule has 1 aromatic rings. The number of rotatable bonds is 6. The van der Waals surface area contributed by atoms with Crippen LogP contribution in [0.4, 0.5) is 0 Å². The third-order valence-electron chi connectivity index (χ3n) is 2.74. The molecule has 1 unspecified atom stereocenters. The monoisotopic (exact) mass is 265 g/mol.